The van der Waals surface area contributed by atoms with Crippen molar-refractivity contribution in [1.82, 2.24) is 24.6 Å². The first-order valence-electron chi connectivity index (χ1n) is 6.39. The minimum absolute atomic E-state index is 0.107. The summed E-state index contributed by atoms with van der Waals surface area (Å²) in [5.41, 5.74) is 1.61. The van der Waals surface area contributed by atoms with Gasteiger partial charge < -0.3 is 19.2 Å². The highest BCUT2D eigenvalue weighted by molar-refractivity contribution is 5.95. The van der Waals surface area contributed by atoms with Crippen LogP contribution >= 0.6 is 0 Å². The highest BCUT2D eigenvalue weighted by Crippen LogP contribution is 2.08. The molecule has 0 saturated carbocycles. The average molecular weight is 277 g/mol. The second-order valence-electron chi connectivity index (χ2n) is 4.54. The molecule has 7 nitrogen and oxygen atoms in total. The predicted octanol–water partition coefficient (Wildman–Crippen LogP) is 0.501. The molecule has 7 heteroatoms. The highest BCUT2D eigenvalue weighted by atomic mass is 16.5. The van der Waals surface area contributed by atoms with Crippen LogP contribution in [0.1, 0.15) is 21.9 Å². The number of rotatable bonds is 6. The fraction of sp³-hybridized carbons (Fsp3) is 0.462. The lowest BCUT2D eigenvalue weighted by Crippen LogP contribution is -2.25. The molecular weight excluding hydrogens is 258 g/mol. The molecule has 0 radical (unpaired) electrons. The van der Waals surface area contributed by atoms with E-state index in [1.165, 1.54) is 0 Å². The van der Waals surface area contributed by atoms with Gasteiger partial charge in [0.2, 0.25) is 0 Å². The van der Waals surface area contributed by atoms with Crippen molar-refractivity contribution in [3.63, 3.8) is 0 Å². The van der Waals surface area contributed by atoms with Crippen LogP contribution in [0.15, 0.2) is 18.6 Å². The van der Waals surface area contributed by atoms with Crippen LogP contribution in [0.5, 0.6) is 0 Å². The first-order chi connectivity index (χ1) is 9.63. The largest absolute Gasteiger partial charge is 0.383 e. The Hall–Kier alpha value is -2.15. The third-order valence-electron chi connectivity index (χ3n) is 3.27. The second kappa shape index (κ2) is 6.33. The van der Waals surface area contributed by atoms with Gasteiger partial charge >= 0.3 is 0 Å². The lowest BCUT2D eigenvalue weighted by Gasteiger charge is -2.07. The summed E-state index contributed by atoms with van der Waals surface area (Å²) < 4.78 is 8.79. The topological polar surface area (TPSA) is 74.0 Å². The molecule has 0 aliphatic heterocycles. The molecule has 1 amide bonds. The van der Waals surface area contributed by atoms with E-state index in [0.717, 1.165) is 5.69 Å². The van der Waals surface area contributed by atoms with Crippen LogP contribution in [0.2, 0.25) is 0 Å². The van der Waals surface area contributed by atoms with Crippen molar-refractivity contribution in [3.05, 3.63) is 35.7 Å². The van der Waals surface area contributed by atoms with E-state index in [9.17, 15) is 4.79 Å². The number of hydrogen-bond donors (Lipinski definition) is 1. The number of amides is 1. The zero-order chi connectivity index (χ0) is 14.5. The number of ether oxygens (including phenoxy) is 1. The number of carbonyl (C=O) groups excluding carboxylic acids is 1. The van der Waals surface area contributed by atoms with Crippen LogP contribution in [-0.4, -0.2) is 39.0 Å². The highest BCUT2D eigenvalue weighted by Gasteiger charge is 2.12. The quantitative estimate of drug-likeness (QED) is 0.834. The number of aryl methyl sites for hydroxylation is 1. The van der Waals surface area contributed by atoms with Gasteiger partial charge in [0, 0.05) is 32.6 Å². The Balaban J connectivity index is 1.97. The van der Waals surface area contributed by atoms with Gasteiger partial charge in [0.05, 0.1) is 18.7 Å². The molecule has 2 rings (SSSR count). The zero-order valence-electron chi connectivity index (χ0n) is 12.0. The molecule has 2 heterocycles. The Morgan fingerprint density at radius 1 is 1.50 bits per heavy atom. The van der Waals surface area contributed by atoms with Crippen molar-refractivity contribution < 1.29 is 9.53 Å². The van der Waals surface area contributed by atoms with Gasteiger partial charge in [-0.3, -0.25) is 4.79 Å². The summed E-state index contributed by atoms with van der Waals surface area (Å²) in [6.45, 7) is 3.50. The maximum Gasteiger partial charge on any atom is 0.253 e. The molecule has 0 atom stereocenters. The van der Waals surface area contributed by atoms with E-state index in [2.05, 4.69) is 15.5 Å². The Kier molecular flexibility index (Phi) is 4.52. The van der Waals surface area contributed by atoms with Gasteiger partial charge in [0.25, 0.3) is 5.91 Å². The van der Waals surface area contributed by atoms with Gasteiger partial charge in [-0.15, -0.1) is 10.2 Å². The average Bonchev–Trinajstić information content (AvgIpc) is 3.02. The van der Waals surface area contributed by atoms with Gasteiger partial charge in [0.1, 0.15) is 6.33 Å². The molecule has 20 heavy (non-hydrogen) atoms. The molecule has 2 aromatic rings. The van der Waals surface area contributed by atoms with E-state index in [4.69, 9.17) is 4.74 Å². The monoisotopic (exact) mass is 277 g/mol. The van der Waals surface area contributed by atoms with Crippen molar-refractivity contribution in [2.45, 2.75) is 20.0 Å². The van der Waals surface area contributed by atoms with Crippen LogP contribution in [-0.2, 0) is 24.9 Å². The number of carbonyl (C=O) groups is 1. The van der Waals surface area contributed by atoms with Gasteiger partial charge in [-0.2, -0.15) is 0 Å². The van der Waals surface area contributed by atoms with Crippen LogP contribution in [0.25, 0.3) is 0 Å². The van der Waals surface area contributed by atoms with E-state index in [-0.39, 0.29) is 5.91 Å². The summed E-state index contributed by atoms with van der Waals surface area (Å²) in [6.07, 6.45) is 3.50. The Morgan fingerprint density at radius 3 is 2.95 bits per heavy atom. The SMILES string of the molecule is COCCn1cnnc1CNC(=O)c1ccn(C)c1C. The summed E-state index contributed by atoms with van der Waals surface area (Å²) >= 11 is 0. The fourth-order valence-electron chi connectivity index (χ4n) is 1.90. The molecule has 1 N–H and O–H groups in total. The molecule has 0 unspecified atom stereocenters. The maximum atomic E-state index is 12.1. The van der Waals surface area contributed by atoms with Crippen molar-refractivity contribution in [2.75, 3.05) is 13.7 Å². The Bertz CT molecular complexity index is 587. The van der Waals surface area contributed by atoms with Crippen molar-refractivity contribution in [2.24, 2.45) is 7.05 Å². The summed E-state index contributed by atoms with van der Waals surface area (Å²) in [7, 11) is 3.55. The predicted molar refractivity (Wildman–Crippen MR) is 73.2 cm³/mol. The summed E-state index contributed by atoms with van der Waals surface area (Å²) in [4.78, 5) is 12.1. The molecule has 0 saturated heterocycles. The number of nitrogens with zero attached hydrogens (tertiary/aromatic N) is 4. The Morgan fingerprint density at radius 2 is 2.30 bits per heavy atom. The maximum absolute atomic E-state index is 12.1. The molecule has 0 aliphatic carbocycles. The molecule has 0 spiro atoms. The second-order valence-corrected chi connectivity index (χ2v) is 4.54. The normalized spacial score (nSPS) is 10.8. The molecule has 0 aromatic carbocycles. The van der Waals surface area contributed by atoms with Gasteiger partial charge in [-0.25, -0.2) is 0 Å². The third-order valence-corrected chi connectivity index (χ3v) is 3.27. The standard InChI is InChI=1S/C13H19N5O2/c1-10-11(4-5-17(10)2)13(19)14-8-12-16-15-9-18(12)6-7-20-3/h4-5,9H,6-8H2,1-3H3,(H,14,19). The third kappa shape index (κ3) is 3.05. The van der Waals surface area contributed by atoms with E-state index in [1.807, 2.05) is 29.3 Å². The number of aromatic nitrogens is 4. The number of hydrogen-bond acceptors (Lipinski definition) is 4. The molecule has 2 aromatic heterocycles. The molecule has 0 aliphatic rings. The zero-order valence-corrected chi connectivity index (χ0v) is 12.0. The fourth-order valence-corrected chi connectivity index (χ4v) is 1.90. The van der Waals surface area contributed by atoms with Crippen LogP contribution in [0.3, 0.4) is 0 Å². The minimum Gasteiger partial charge on any atom is -0.383 e. The van der Waals surface area contributed by atoms with Crippen LogP contribution < -0.4 is 5.32 Å². The van der Waals surface area contributed by atoms with Gasteiger partial charge in [-0.1, -0.05) is 0 Å². The van der Waals surface area contributed by atoms with E-state index < -0.39 is 0 Å². The first-order valence-corrected chi connectivity index (χ1v) is 6.39. The molecular formula is C13H19N5O2. The van der Waals surface area contributed by atoms with Crippen LogP contribution in [0.4, 0.5) is 0 Å². The number of methoxy groups -OCH3 is 1. The summed E-state index contributed by atoms with van der Waals surface area (Å²) in [6, 6.07) is 1.81. The lowest BCUT2D eigenvalue weighted by molar-refractivity contribution is 0.0948. The minimum atomic E-state index is -0.107. The summed E-state index contributed by atoms with van der Waals surface area (Å²) in [5.74, 6) is 0.605. The van der Waals surface area contributed by atoms with Gasteiger partial charge in [-0.05, 0) is 13.0 Å². The lowest BCUT2D eigenvalue weighted by atomic mass is 10.2. The molecule has 0 bridgehead atoms. The van der Waals surface area contributed by atoms with Crippen molar-refractivity contribution in [3.8, 4) is 0 Å². The van der Waals surface area contributed by atoms with E-state index >= 15 is 0 Å². The van der Waals surface area contributed by atoms with Crippen LogP contribution in [0, 0.1) is 6.92 Å². The van der Waals surface area contributed by atoms with E-state index in [0.29, 0.717) is 31.1 Å². The van der Waals surface area contributed by atoms with E-state index in [1.54, 1.807) is 19.5 Å². The summed E-state index contributed by atoms with van der Waals surface area (Å²) in [5, 5.41) is 10.7. The first kappa shape index (κ1) is 14.3. The smallest absolute Gasteiger partial charge is 0.253 e. The molecule has 108 valence electrons. The Labute approximate surface area is 117 Å². The van der Waals surface area contributed by atoms with Gasteiger partial charge in [0.15, 0.2) is 5.82 Å². The van der Waals surface area contributed by atoms with Crippen molar-refractivity contribution in [1.29, 1.82) is 0 Å². The number of nitrogens with one attached hydrogen (secondary N) is 1. The molecule has 0 fully saturated rings. The van der Waals surface area contributed by atoms with Crippen molar-refractivity contribution >= 4 is 5.91 Å².